The quantitative estimate of drug-likeness (QED) is 0.700. The van der Waals surface area contributed by atoms with Gasteiger partial charge < -0.3 is 4.90 Å². The van der Waals surface area contributed by atoms with Crippen molar-refractivity contribution in [3.8, 4) is 0 Å². The second-order valence-electron chi connectivity index (χ2n) is 6.21. The van der Waals surface area contributed by atoms with Gasteiger partial charge in [-0.1, -0.05) is 23.5 Å². The van der Waals surface area contributed by atoms with Gasteiger partial charge >= 0.3 is 0 Å². The van der Waals surface area contributed by atoms with Crippen molar-refractivity contribution < 1.29 is 9.59 Å². The van der Waals surface area contributed by atoms with Crippen LogP contribution in [0.25, 0.3) is 10.2 Å². The van der Waals surface area contributed by atoms with Crippen molar-refractivity contribution in [2.24, 2.45) is 0 Å². The van der Waals surface area contributed by atoms with E-state index in [0.717, 1.165) is 28.9 Å². The number of benzene rings is 2. The summed E-state index contributed by atoms with van der Waals surface area (Å²) in [5.41, 5.74) is 2.36. The molecule has 1 aliphatic heterocycles. The normalized spacial score (nSPS) is 14.2. The third-order valence-corrected chi connectivity index (χ3v) is 5.63. The van der Waals surface area contributed by atoms with E-state index in [1.54, 1.807) is 21.9 Å². The van der Waals surface area contributed by atoms with E-state index in [-0.39, 0.29) is 11.8 Å². The van der Waals surface area contributed by atoms with Crippen molar-refractivity contribution in [1.29, 1.82) is 0 Å². The van der Waals surface area contributed by atoms with E-state index < -0.39 is 0 Å². The highest BCUT2D eigenvalue weighted by atomic mass is 32.1. The Morgan fingerprint density at radius 1 is 1.19 bits per heavy atom. The van der Waals surface area contributed by atoms with Gasteiger partial charge in [0.15, 0.2) is 5.13 Å². The number of fused-ring (bicyclic) bond motifs is 1. The summed E-state index contributed by atoms with van der Waals surface area (Å²) in [6.45, 7) is 3.24. The summed E-state index contributed by atoms with van der Waals surface area (Å²) in [7, 11) is 0. The number of rotatable bonds is 4. The van der Waals surface area contributed by atoms with Crippen LogP contribution in [0.5, 0.6) is 0 Å². The fraction of sp³-hybridized carbons (Fsp3) is 0.250. The minimum Gasteiger partial charge on any atom is -0.312 e. The number of carbonyl (C=O) groups excluding carboxylic acids is 2. The third-order valence-electron chi connectivity index (χ3n) is 4.57. The van der Waals surface area contributed by atoms with Gasteiger partial charge in [0.2, 0.25) is 5.91 Å². The van der Waals surface area contributed by atoms with Gasteiger partial charge in [-0.3, -0.25) is 14.5 Å². The number of carbonyl (C=O) groups is 2. The molecule has 0 unspecified atom stereocenters. The van der Waals surface area contributed by atoms with Gasteiger partial charge in [-0.2, -0.15) is 0 Å². The van der Waals surface area contributed by atoms with Crippen LogP contribution in [0.3, 0.4) is 0 Å². The molecule has 1 saturated heterocycles. The van der Waals surface area contributed by atoms with Gasteiger partial charge in [0.1, 0.15) is 0 Å². The van der Waals surface area contributed by atoms with Crippen molar-refractivity contribution in [2.75, 3.05) is 22.9 Å². The highest BCUT2D eigenvalue weighted by Gasteiger charge is 2.23. The van der Waals surface area contributed by atoms with E-state index in [9.17, 15) is 9.59 Å². The lowest BCUT2D eigenvalue weighted by Gasteiger charge is -2.19. The molecule has 0 aliphatic carbocycles. The van der Waals surface area contributed by atoms with E-state index in [0.29, 0.717) is 23.7 Å². The maximum Gasteiger partial charge on any atom is 0.260 e. The molecule has 1 aromatic heterocycles. The van der Waals surface area contributed by atoms with E-state index in [4.69, 9.17) is 0 Å². The molecule has 2 aromatic carbocycles. The first-order valence-corrected chi connectivity index (χ1v) is 9.57. The number of thiazole rings is 1. The number of anilines is 2. The molecule has 6 heteroatoms. The van der Waals surface area contributed by atoms with E-state index >= 15 is 0 Å². The van der Waals surface area contributed by atoms with Gasteiger partial charge in [-0.05, 0) is 49.7 Å². The average molecular weight is 365 g/mol. The van der Waals surface area contributed by atoms with Crippen molar-refractivity contribution in [1.82, 2.24) is 4.98 Å². The second-order valence-corrected chi connectivity index (χ2v) is 7.22. The predicted octanol–water partition coefficient (Wildman–Crippen LogP) is 4.09. The van der Waals surface area contributed by atoms with Crippen LogP contribution in [-0.2, 0) is 4.79 Å². The molecule has 4 rings (SSSR count). The monoisotopic (exact) mass is 365 g/mol. The summed E-state index contributed by atoms with van der Waals surface area (Å²) in [5, 5.41) is 0.706. The molecule has 2 heterocycles. The van der Waals surface area contributed by atoms with Crippen LogP contribution in [0, 0.1) is 0 Å². The van der Waals surface area contributed by atoms with Crippen molar-refractivity contribution in [2.45, 2.75) is 19.8 Å². The summed E-state index contributed by atoms with van der Waals surface area (Å²) in [4.78, 5) is 32.9. The number of hydrogen-bond donors (Lipinski definition) is 0. The van der Waals surface area contributed by atoms with Gasteiger partial charge in [-0.25, -0.2) is 4.98 Å². The van der Waals surface area contributed by atoms with Crippen LogP contribution < -0.4 is 9.80 Å². The van der Waals surface area contributed by atoms with Crippen molar-refractivity contribution >= 4 is 44.2 Å². The Hall–Kier alpha value is -2.73. The molecular weight excluding hydrogens is 346 g/mol. The van der Waals surface area contributed by atoms with Crippen LogP contribution in [0.2, 0.25) is 0 Å². The summed E-state index contributed by atoms with van der Waals surface area (Å²) in [6.07, 6.45) is 1.49. The minimum atomic E-state index is -0.0779. The molecule has 0 spiro atoms. The maximum atomic E-state index is 13.0. The first-order valence-electron chi connectivity index (χ1n) is 8.75. The molecule has 0 bridgehead atoms. The largest absolute Gasteiger partial charge is 0.312 e. The highest BCUT2D eigenvalue weighted by molar-refractivity contribution is 7.22. The summed E-state index contributed by atoms with van der Waals surface area (Å²) >= 11 is 1.52. The van der Waals surface area contributed by atoms with Crippen molar-refractivity contribution in [3.63, 3.8) is 0 Å². The Kier molecular flexibility index (Phi) is 4.42. The fourth-order valence-corrected chi connectivity index (χ4v) is 4.23. The molecular formula is C20H19N3O2S. The SMILES string of the molecule is CCN(C(=O)c1ccc(N2CCCC2=O)cc1)c1nc2ccccc2s1. The first-order chi connectivity index (χ1) is 12.7. The topological polar surface area (TPSA) is 53.5 Å². The zero-order valence-electron chi connectivity index (χ0n) is 14.5. The van der Waals surface area contributed by atoms with Gasteiger partial charge in [-0.15, -0.1) is 0 Å². The van der Waals surface area contributed by atoms with E-state index in [2.05, 4.69) is 4.98 Å². The smallest absolute Gasteiger partial charge is 0.260 e. The molecule has 2 amide bonds. The third kappa shape index (κ3) is 2.97. The van der Waals surface area contributed by atoms with Gasteiger partial charge in [0.05, 0.1) is 10.2 Å². The van der Waals surface area contributed by atoms with Gasteiger partial charge in [0.25, 0.3) is 5.91 Å². The lowest BCUT2D eigenvalue weighted by Crippen LogP contribution is -2.30. The summed E-state index contributed by atoms with van der Waals surface area (Å²) in [5.74, 6) is 0.0691. The van der Waals surface area contributed by atoms with Crippen LogP contribution in [0.15, 0.2) is 48.5 Å². The summed E-state index contributed by atoms with van der Waals surface area (Å²) < 4.78 is 1.07. The number of aromatic nitrogens is 1. The lowest BCUT2D eigenvalue weighted by molar-refractivity contribution is -0.117. The second kappa shape index (κ2) is 6.88. The van der Waals surface area contributed by atoms with Crippen LogP contribution in [0.4, 0.5) is 10.8 Å². The molecule has 0 radical (unpaired) electrons. The lowest BCUT2D eigenvalue weighted by atomic mass is 10.1. The van der Waals surface area contributed by atoms with Crippen LogP contribution in [-0.4, -0.2) is 29.9 Å². The Balaban J connectivity index is 1.59. The van der Waals surface area contributed by atoms with Gasteiger partial charge in [0, 0.05) is 30.8 Å². The Labute approximate surface area is 155 Å². The molecule has 0 saturated carbocycles. The fourth-order valence-electron chi connectivity index (χ4n) is 3.20. The predicted molar refractivity (Wildman–Crippen MR) is 105 cm³/mol. The number of para-hydroxylation sites is 1. The molecule has 1 aliphatic rings. The Bertz CT molecular complexity index is 932. The average Bonchev–Trinajstić information content (AvgIpc) is 3.28. The molecule has 1 fully saturated rings. The number of hydrogen-bond acceptors (Lipinski definition) is 4. The minimum absolute atomic E-state index is 0.0779. The van der Waals surface area contributed by atoms with E-state index in [1.165, 1.54) is 11.3 Å². The summed E-state index contributed by atoms with van der Waals surface area (Å²) in [6, 6.07) is 15.2. The molecule has 26 heavy (non-hydrogen) atoms. The zero-order valence-corrected chi connectivity index (χ0v) is 15.3. The zero-order chi connectivity index (χ0) is 18.1. The van der Waals surface area contributed by atoms with E-state index in [1.807, 2.05) is 43.3 Å². The molecule has 132 valence electrons. The van der Waals surface area contributed by atoms with Crippen LogP contribution >= 0.6 is 11.3 Å². The molecule has 0 atom stereocenters. The Morgan fingerprint density at radius 2 is 1.96 bits per heavy atom. The number of amides is 2. The number of nitrogens with zero attached hydrogens (tertiary/aromatic N) is 3. The molecule has 0 N–H and O–H groups in total. The van der Waals surface area contributed by atoms with Crippen molar-refractivity contribution in [3.05, 3.63) is 54.1 Å². The Morgan fingerprint density at radius 3 is 2.62 bits per heavy atom. The molecule has 3 aromatic rings. The van der Waals surface area contributed by atoms with Crippen LogP contribution in [0.1, 0.15) is 30.1 Å². The highest BCUT2D eigenvalue weighted by Crippen LogP contribution is 2.30. The maximum absolute atomic E-state index is 13.0. The first kappa shape index (κ1) is 16.7. The standard InChI is InChI=1S/C20H19N3O2S/c1-2-22(20-21-16-6-3-4-7-17(16)26-20)19(25)14-9-11-15(12-10-14)23-13-5-8-18(23)24/h3-4,6-7,9-12H,2,5,8,13H2,1H3. The molecule has 5 nitrogen and oxygen atoms in total.